The number of aromatic nitrogens is 3. The van der Waals surface area contributed by atoms with Crippen molar-refractivity contribution >= 4 is 22.6 Å². The summed E-state index contributed by atoms with van der Waals surface area (Å²) in [7, 11) is 0. The first-order valence-electron chi connectivity index (χ1n) is 8.46. The van der Waals surface area contributed by atoms with E-state index in [-0.39, 0.29) is 12.1 Å². The minimum Gasteiger partial charge on any atom is -0.320 e. The molecule has 6 nitrogen and oxygen atoms in total. The van der Waals surface area contributed by atoms with Gasteiger partial charge in [-0.25, -0.2) is 4.79 Å². The highest BCUT2D eigenvalue weighted by atomic mass is 16.2. The van der Waals surface area contributed by atoms with Crippen LogP contribution in [0.2, 0.25) is 0 Å². The van der Waals surface area contributed by atoms with E-state index in [0.717, 1.165) is 33.7 Å². The number of fused-ring (bicyclic) bond motifs is 1. The standard InChI is InChI=1S/C19H21N5O/c1-12-7-8-15-5-4-6-17(18(15)20-12)21-19(25)23-10-16(11-23)24-14(3)9-13(2)22-24/h4-9,16H,10-11H2,1-3H3,(H,21,25). The van der Waals surface area contributed by atoms with Crippen LogP contribution in [0.15, 0.2) is 36.4 Å². The molecule has 2 amide bonds. The molecular weight excluding hydrogens is 314 g/mol. The minimum atomic E-state index is -0.0893. The summed E-state index contributed by atoms with van der Waals surface area (Å²) in [6.45, 7) is 7.33. The van der Waals surface area contributed by atoms with Crippen molar-refractivity contribution in [3.8, 4) is 0 Å². The highest BCUT2D eigenvalue weighted by Gasteiger charge is 2.33. The Kier molecular flexibility index (Phi) is 3.67. The summed E-state index contributed by atoms with van der Waals surface area (Å²) in [6.07, 6.45) is 0. The molecule has 0 radical (unpaired) electrons. The smallest absolute Gasteiger partial charge is 0.320 e. The van der Waals surface area contributed by atoms with E-state index in [2.05, 4.69) is 21.5 Å². The van der Waals surface area contributed by atoms with Crippen molar-refractivity contribution in [2.45, 2.75) is 26.8 Å². The predicted molar refractivity (Wildman–Crippen MR) is 97.8 cm³/mol. The predicted octanol–water partition coefficient (Wildman–Crippen LogP) is 3.45. The zero-order chi connectivity index (χ0) is 17.6. The van der Waals surface area contributed by atoms with Gasteiger partial charge < -0.3 is 10.2 Å². The van der Waals surface area contributed by atoms with Gasteiger partial charge in [-0.15, -0.1) is 0 Å². The molecule has 0 aliphatic carbocycles. The largest absolute Gasteiger partial charge is 0.322 e. The number of aryl methyl sites for hydroxylation is 3. The van der Waals surface area contributed by atoms with E-state index < -0.39 is 0 Å². The van der Waals surface area contributed by atoms with Gasteiger partial charge in [0.15, 0.2) is 0 Å². The van der Waals surface area contributed by atoms with Crippen LogP contribution in [-0.4, -0.2) is 38.8 Å². The fourth-order valence-corrected chi connectivity index (χ4v) is 3.33. The van der Waals surface area contributed by atoms with Gasteiger partial charge in [0.05, 0.1) is 22.9 Å². The summed E-state index contributed by atoms with van der Waals surface area (Å²) in [5.74, 6) is 0. The monoisotopic (exact) mass is 335 g/mol. The third-order valence-electron chi connectivity index (χ3n) is 4.64. The maximum atomic E-state index is 12.5. The van der Waals surface area contributed by atoms with Crippen LogP contribution in [0.4, 0.5) is 10.5 Å². The molecule has 0 spiro atoms. The summed E-state index contributed by atoms with van der Waals surface area (Å²) in [4.78, 5) is 18.9. The number of para-hydroxylation sites is 1. The van der Waals surface area contributed by atoms with Gasteiger partial charge in [-0.3, -0.25) is 9.67 Å². The molecule has 1 aliphatic heterocycles. The number of carbonyl (C=O) groups excluding carboxylic acids is 1. The summed E-state index contributed by atoms with van der Waals surface area (Å²) in [6, 6.07) is 12.1. The van der Waals surface area contributed by atoms with Crippen LogP contribution >= 0.6 is 0 Å². The van der Waals surface area contributed by atoms with Gasteiger partial charge in [-0.05, 0) is 39.0 Å². The van der Waals surface area contributed by atoms with Crippen molar-refractivity contribution in [3.63, 3.8) is 0 Å². The summed E-state index contributed by atoms with van der Waals surface area (Å²) >= 11 is 0. The van der Waals surface area contributed by atoms with Crippen LogP contribution in [0.1, 0.15) is 23.1 Å². The molecule has 0 atom stereocenters. The van der Waals surface area contributed by atoms with Gasteiger partial charge in [0.1, 0.15) is 0 Å². The van der Waals surface area contributed by atoms with Gasteiger partial charge in [0.25, 0.3) is 0 Å². The lowest BCUT2D eigenvalue weighted by molar-refractivity contribution is 0.127. The lowest BCUT2D eigenvalue weighted by Gasteiger charge is -2.39. The Labute approximate surface area is 146 Å². The number of hydrogen-bond donors (Lipinski definition) is 1. The van der Waals surface area contributed by atoms with Crippen LogP contribution < -0.4 is 5.32 Å². The van der Waals surface area contributed by atoms with E-state index in [4.69, 9.17) is 0 Å². The molecule has 1 N–H and O–H groups in total. The molecule has 1 aliphatic rings. The third-order valence-corrected chi connectivity index (χ3v) is 4.64. The number of urea groups is 1. The Bertz CT molecular complexity index is 956. The number of benzene rings is 1. The molecular formula is C19H21N5O. The maximum absolute atomic E-state index is 12.5. The first kappa shape index (κ1) is 15.6. The van der Waals surface area contributed by atoms with E-state index in [1.165, 1.54) is 0 Å². The Morgan fingerprint density at radius 1 is 1.12 bits per heavy atom. The number of likely N-dealkylation sites (tertiary alicyclic amines) is 1. The summed E-state index contributed by atoms with van der Waals surface area (Å²) < 4.78 is 2.02. The van der Waals surface area contributed by atoms with Crippen LogP contribution in [0.25, 0.3) is 10.9 Å². The van der Waals surface area contributed by atoms with Gasteiger partial charge in [0, 0.05) is 29.9 Å². The molecule has 0 unspecified atom stereocenters. The van der Waals surface area contributed by atoms with Crippen LogP contribution in [0.5, 0.6) is 0 Å². The van der Waals surface area contributed by atoms with E-state index in [1.807, 2.05) is 55.8 Å². The van der Waals surface area contributed by atoms with Crippen molar-refractivity contribution in [1.82, 2.24) is 19.7 Å². The van der Waals surface area contributed by atoms with Crippen molar-refractivity contribution in [3.05, 3.63) is 53.5 Å². The lowest BCUT2D eigenvalue weighted by Crippen LogP contribution is -2.52. The number of amides is 2. The van der Waals surface area contributed by atoms with Gasteiger partial charge in [0.2, 0.25) is 0 Å². The van der Waals surface area contributed by atoms with E-state index >= 15 is 0 Å². The Hall–Kier alpha value is -2.89. The van der Waals surface area contributed by atoms with E-state index in [1.54, 1.807) is 4.90 Å². The molecule has 1 saturated heterocycles. The van der Waals surface area contributed by atoms with Crippen LogP contribution in [-0.2, 0) is 0 Å². The average Bonchev–Trinajstić information content (AvgIpc) is 2.85. The Morgan fingerprint density at radius 2 is 1.92 bits per heavy atom. The zero-order valence-electron chi connectivity index (χ0n) is 14.7. The van der Waals surface area contributed by atoms with Crippen LogP contribution in [0.3, 0.4) is 0 Å². The fraction of sp³-hybridized carbons (Fsp3) is 0.316. The summed E-state index contributed by atoms with van der Waals surface area (Å²) in [5, 5.41) is 8.53. The molecule has 128 valence electrons. The third kappa shape index (κ3) is 2.84. The molecule has 3 heterocycles. The fourth-order valence-electron chi connectivity index (χ4n) is 3.33. The van der Waals surface area contributed by atoms with Gasteiger partial charge >= 0.3 is 6.03 Å². The van der Waals surface area contributed by atoms with Crippen molar-refractivity contribution in [2.24, 2.45) is 0 Å². The molecule has 2 aromatic heterocycles. The number of pyridine rings is 1. The van der Waals surface area contributed by atoms with E-state index in [0.29, 0.717) is 13.1 Å². The molecule has 0 bridgehead atoms. The Balaban J connectivity index is 1.47. The minimum absolute atomic E-state index is 0.0893. The number of nitrogens with one attached hydrogen (secondary N) is 1. The summed E-state index contributed by atoms with van der Waals surface area (Å²) in [5.41, 5.74) is 4.66. The Morgan fingerprint density at radius 3 is 2.64 bits per heavy atom. The van der Waals surface area contributed by atoms with Crippen molar-refractivity contribution < 1.29 is 4.79 Å². The average molecular weight is 335 g/mol. The molecule has 3 aromatic rings. The number of hydrogen-bond acceptors (Lipinski definition) is 3. The second-order valence-electron chi connectivity index (χ2n) is 6.69. The quantitative estimate of drug-likeness (QED) is 0.780. The molecule has 25 heavy (non-hydrogen) atoms. The second-order valence-corrected chi connectivity index (χ2v) is 6.69. The van der Waals surface area contributed by atoms with Crippen molar-refractivity contribution in [1.29, 1.82) is 0 Å². The number of anilines is 1. The number of carbonyl (C=O) groups is 1. The number of rotatable bonds is 2. The lowest BCUT2D eigenvalue weighted by atomic mass is 10.1. The molecule has 4 rings (SSSR count). The first-order valence-corrected chi connectivity index (χ1v) is 8.46. The molecule has 1 aromatic carbocycles. The highest BCUT2D eigenvalue weighted by Crippen LogP contribution is 2.26. The van der Waals surface area contributed by atoms with E-state index in [9.17, 15) is 4.79 Å². The normalized spacial score (nSPS) is 14.6. The maximum Gasteiger partial charge on any atom is 0.322 e. The van der Waals surface area contributed by atoms with Gasteiger partial charge in [-0.1, -0.05) is 18.2 Å². The van der Waals surface area contributed by atoms with Crippen molar-refractivity contribution in [2.75, 3.05) is 18.4 Å². The molecule has 6 heteroatoms. The highest BCUT2D eigenvalue weighted by molar-refractivity contribution is 5.99. The first-order chi connectivity index (χ1) is 12.0. The van der Waals surface area contributed by atoms with Crippen LogP contribution in [0, 0.1) is 20.8 Å². The number of nitrogens with zero attached hydrogens (tertiary/aromatic N) is 4. The second kappa shape index (κ2) is 5.88. The SMILES string of the molecule is Cc1ccc2cccc(NC(=O)N3CC(n4nc(C)cc4C)C3)c2n1. The zero-order valence-corrected chi connectivity index (χ0v) is 14.7. The molecule has 1 fully saturated rings. The molecule has 0 saturated carbocycles. The van der Waals surface area contributed by atoms with Gasteiger partial charge in [-0.2, -0.15) is 5.10 Å². The topological polar surface area (TPSA) is 63.1 Å².